The van der Waals surface area contributed by atoms with E-state index in [1.54, 1.807) is 16.7 Å². The minimum atomic E-state index is -0.235. The summed E-state index contributed by atoms with van der Waals surface area (Å²) in [4.78, 5) is 11.9. The summed E-state index contributed by atoms with van der Waals surface area (Å²) in [5.41, 5.74) is 0.505. The maximum atomic E-state index is 11.9. The van der Waals surface area contributed by atoms with E-state index in [0.29, 0.717) is 5.02 Å². The van der Waals surface area contributed by atoms with Crippen LogP contribution in [-0.4, -0.2) is 21.3 Å². The largest absolute Gasteiger partial charge is 0.347 e. The Kier molecular flexibility index (Phi) is 2.93. The first-order valence-corrected chi connectivity index (χ1v) is 6.30. The van der Waals surface area contributed by atoms with Gasteiger partial charge in [-0.05, 0) is 37.6 Å². The number of aromatic amines is 1. The lowest BCUT2D eigenvalue weighted by Crippen LogP contribution is -2.22. The van der Waals surface area contributed by atoms with Gasteiger partial charge in [-0.3, -0.25) is 0 Å². The molecule has 0 radical (unpaired) electrons. The normalized spacial score (nSPS) is 19.3. The van der Waals surface area contributed by atoms with Crippen molar-refractivity contribution in [2.24, 2.45) is 0 Å². The highest BCUT2D eigenvalue weighted by molar-refractivity contribution is 6.30. The molecule has 1 aliphatic rings. The van der Waals surface area contributed by atoms with Gasteiger partial charge in [0, 0.05) is 5.02 Å². The Bertz CT molecular complexity index is 613. The van der Waals surface area contributed by atoms with E-state index in [9.17, 15) is 4.79 Å². The molecule has 3 rings (SSSR count). The number of hydrogen-bond acceptors (Lipinski definition) is 3. The average molecular weight is 265 g/mol. The lowest BCUT2D eigenvalue weighted by molar-refractivity contribution is 0.591. The fraction of sp³-hybridized carbons (Fsp3) is 0.333. The Morgan fingerprint density at radius 1 is 1.44 bits per heavy atom. The molecule has 1 unspecified atom stereocenters. The van der Waals surface area contributed by atoms with Crippen molar-refractivity contribution in [1.29, 1.82) is 0 Å². The van der Waals surface area contributed by atoms with E-state index in [4.69, 9.17) is 11.6 Å². The van der Waals surface area contributed by atoms with Crippen LogP contribution >= 0.6 is 11.6 Å². The van der Waals surface area contributed by atoms with Crippen molar-refractivity contribution in [2.75, 3.05) is 6.54 Å². The zero-order valence-corrected chi connectivity index (χ0v) is 10.4. The summed E-state index contributed by atoms with van der Waals surface area (Å²) in [5.74, 6) is 0.722. The Hall–Kier alpha value is -1.59. The molecule has 1 aromatic heterocycles. The highest BCUT2D eigenvalue weighted by atomic mass is 35.5. The topological polar surface area (TPSA) is 62.7 Å². The van der Waals surface area contributed by atoms with Crippen molar-refractivity contribution in [1.82, 2.24) is 20.1 Å². The van der Waals surface area contributed by atoms with E-state index in [2.05, 4.69) is 15.5 Å². The van der Waals surface area contributed by atoms with Crippen LogP contribution in [0.25, 0.3) is 5.69 Å². The molecule has 2 aromatic rings. The van der Waals surface area contributed by atoms with Gasteiger partial charge in [0.05, 0.1) is 11.7 Å². The minimum Gasteiger partial charge on any atom is -0.307 e. The second kappa shape index (κ2) is 4.59. The zero-order chi connectivity index (χ0) is 12.5. The monoisotopic (exact) mass is 264 g/mol. The van der Waals surface area contributed by atoms with E-state index in [0.717, 1.165) is 30.9 Å². The Labute approximate surface area is 109 Å². The third-order valence-corrected chi connectivity index (χ3v) is 3.37. The predicted molar refractivity (Wildman–Crippen MR) is 69.2 cm³/mol. The molecule has 5 nitrogen and oxygen atoms in total. The van der Waals surface area contributed by atoms with Gasteiger partial charge >= 0.3 is 5.69 Å². The highest BCUT2D eigenvalue weighted by Crippen LogP contribution is 2.23. The van der Waals surface area contributed by atoms with E-state index in [-0.39, 0.29) is 11.7 Å². The van der Waals surface area contributed by atoms with Crippen molar-refractivity contribution in [3.8, 4) is 5.69 Å². The van der Waals surface area contributed by atoms with Gasteiger partial charge in [0.2, 0.25) is 0 Å². The Morgan fingerprint density at radius 3 is 3.06 bits per heavy atom. The number of H-pyrrole nitrogens is 1. The van der Waals surface area contributed by atoms with Crippen molar-refractivity contribution in [3.63, 3.8) is 0 Å². The molecule has 0 bridgehead atoms. The van der Waals surface area contributed by atoms with Gasteiger partial charge in [0.1, 0.15) is 0 Å². The maximum Gasteiger partial charge on any atom is 0.347 e. The first-order chi connectivity index (χ1) is 8.75. The molecule has 1 saturated heterocycles. The van der Waals surface area contributed by atoms with Crippen LogP contribution in [0.4, 0.5) is 0 Å². The Balaban J connectivity index is 2.10. The number of nitrogens with zero attached hydrogens (tertiary/aromatic N) is 2. The first-order valence-electron chi connectivity index (χ1n) is 5.92. The van der Waals surface area contributed by atoms with Crippen molar-refractivity contribution < 1.29 is 0 Å². The van der Waals surface area contributed by atoms with Crippen molar-refractivity contribution >= 4 is 11.6 Å². The summed E-state index contributed by atoms with van der Waals surface area (Å²) in [6, 6.07) is 7.34. The summed E-state index contributed by atoms with van der Waals surface area (Å²) in [6.45, 7) is 0.960. The van der Waals surface area contributed by atoms with Crippen LogP contribution in [0.2, 0.25) is 5.02 Å². The van der Waals surface area contributed by atoms with Crippen LogP contribution in [0, 0.1) is 0 Å². The third-order valence-electron chi connectivity index (χ3n) is 3.14. The molecule has 2 N–H and O–H groups in total. The van der Waals surface area contributed by atoms with Crippen LogP contribution in [0.1, 0.15) is 24.7 Å². The van der Waals surface area contributed by atoms with Gasteiger partial charge in [-0.1, -0.05) is 17.7 Å². The summed E-state index contributed by atoms with van der Waals surface area (Å²) in [6.07, 6.45) is 2.09. The van der Waals surface area contributed by atoms with Crippen LogP contribution in [0.3, 0.4) is 0 Å². The summed E-state index contributed by atoms with van der Waals surface area (Å²) in [7, 11) is 0. The van der Waals surface area contributed by atoms with Crippen LogP contribution < -0.4 is 11.0 Å². The van der Waals surface area contributed by atoms with Gasteiger partial charge in [-0.15, -0.1) is 0 Å². The van der Waals surface area contributed by atoms with E-state index < -0.39 is 0 Å². The van der Waals surface area contributed by atoms with Crippen molar-refractivity contribution in [3.05, 3.63) is 45.6 Å². The molecule has 1 fully saturated rings. The standard InChI is InChI=1S/C12H13ClN4O/c13-8-3-1-4-9(7-8)17-11(15-16-12(17)18)10-5-2-6-14-10/h1,3-4,7,10,14H,2,5-6H2,(H,16,18). The van der Waals surface area contributed by atoms with Gasteiger partial charge in [0.15, 0.2) is 5.82 Å². The number of halogens is 1. The molecule has 1 aromatic carbocycles. The van der Waals surface area contributed by atoms with Gasteiger partial charge in [0.25, 0.3) is 0 Å². The average Bonchev–Trinajstić information content (AvgIpc) is 2.97. The number of rotatable bonds is 2. The van der Waals surface area contributed by atoms with Crippen LogP contribution in [-0.2, 0) is 0 Å². The molecule has 0 saturated carbocycles. The molecule has 2 heterocycles. The Morgan fingerprint density at radius 2 is 2.33 bits per heavy atom. The molecule has 0 aliphatic carbocycles. The molecule has 1 aliphatic heterocycles. The maximum absolute atomic E-state index is 11.9. The number of aromatic nitrogens is 3. The quantitative estimate of drug-likeness (QED) is 0.867. The third kappa shape index (κ3) is 1.95. The molecule has 94 valence electrons. The molecular weight excluding hydrogens is 252 g/mol. The van der Waals surface area contributed by atoms with Crippen molar-refractivity contribution in [2.45, 2.75) is 18.9 Å². The fourth-order valence-electron chi connectivity index (χ4n) is 2.31. The molecule has 6 heteroatoms. The van der Waals surface area contributed by atoms with E-state index in [1.807, 2.05) is 12.1 Å². The number of nitrogens with one attached hydrogen (secondary N) is 2. The number of hydrogen-bond donors (Lipinski definition) is 2. The molecule has 0 spiro atoms. The second-order valence-electron chi connectivity index (χ2n) is 4.35. The highest BCUT2D eigenvalue weighted by Gasteiger charge is 2.23. The summed E-state index contributed by atoms with van der Waals surface area (Å²) < 4.78 is 1.58. The van der Waals surface area contributed by atoms with E-state index in [1.165, 1.54) is 0 Å². The second-order valence-corrected chi connectivity index (χ2v) is 4.79. The molecular formula is C12H13ClN4O. The fourth-order valence-corrected chi connectivity index (χ4v) is 2.50. The molecule has 1 atom stereocenters. The molecule has 0 amide bonds. The lowest BCUT2D eigenvalue weighted by Gasteiger charge is -2.11. The minimum absolute atomic E-state index is 0.128. The predicted octanol–water partition coefficient (Wildman–Crippen LogP) is 1.64. The molecule has 18 heavy (non-hydrogen) atoms. The van der Waals surface area contributed by atoms with Crippen LogP contribution in [0.15, 0.2) is 29.1 Å². The van der Waals surface area contributed by atoms with Crippen LogP contribution in [0.5, 0.6) is 0 Å². The lowest BCUT2D eigenvalue weighted by atomic mass is 10.2. The van der Waals surface area contributed by atoms with E-state index >= 15 is 0 Å². The first kappa shape index (κ1) is 11.5. The number of benzene rings is 1. The summed E-state index contributed by atoms with van der Waals surface area (Å²) >= 11 is 5.96. The van der Waals surface area contributed by atoms with Gasteiger partial charge < -0.3 is 5.32 Å². The SMILES string of the molecule is O=c1[nH]nc(C2CCCN2)n1-c1cccc(Cl)c1. The van der Waals surface area contributed by atoms with Gasteiger partial charge in [-0.2, -0.15) is 5.10 Å². The smallest absolute Gasteiger partial charge is 0.307 e. The summed E-state index contributed by atoms with van der Waals surface area (Å²) in [5, 5.41) is 10.6. The zero-order valence-electron chi connectivity index (χ0n) is 9.69. The van der Waals surface area contributed by atoms with Gasteiger partial charge in [-0.25, -0.2) is 14.5 Å².